The second-order valence-electron chi connectivity index (χ2n) is 0.963. The average molecular weight is 134 g/mol. The molecule has 0 aromatic carbocycles. The van der Waals surface area contributed by atoms with Gasteiger partial charge in [0.1, 0.15) is 0 Å². The highest BCUT2D eigenvalue weighted by Crippen LogP contribution is 1.90. The smallest absolute Gasteiger partial charge is 0.287 e. The SMILES string of the molecule is O=S(O)c1ncon1. The second-order valence-corrected chi connectivity index (χ2v) is 1.83. The van der Waals surface area contributed by atoms with E-state index in [-0.39, 0.29) is 5.16 Å². The summed E-state index contributed by atoms with van der Waals surface area (Å²) >= 11 is -2.11. The molecular weight excluding hydrogens is 132 g/mol. The lowest BCUT2D eigenvalue weighted by atomic mass is 11.3. The Bertz CT molecular complexity index is 183. The van der Waals surface area contributed by atoms with Crippen LogP contribution in [0.3, 0.4) is 0 Å². The lowest BCUT2D eigenvalue weighted by Gasteiger charge is -1.74. The molecule has 44 valence electrons. The van der Waals surface area contributed by atoms with E-state index in [1.807, 2.05) is 0 Å². The van der Waals surface area contributed by atoms with Crippen LogP contribution in [0.5, 0.6) is 0 Å². The molecule has 1 heterocycles. The van der Waals surface area contributed by atoms with E-state index in [4.69, 9.17) is 4.55 Å². The van der Waals surface area contributed by atoms with Crippen molar-refractivity contribution in [2.45, 2.75) is 5.16 Å². The molecule has 8 heavy (non-hydrogen) atoms. The van der Waals surface area contributed by atoms with Crippen molar-refractivity contribution in [2.75, 3.05) is 0 Å². The van der Waals surface area contributed by atoms with Crippen molar-refractivity contribution < 1.29 is 13.3 Å². The fourth-order valence-electron chi connectivity index (χ4n) is 0.238. The third kappa shape index (κ3) is 0.903. The van der Waals surface area contributed by atoms with Gasteiger partial charge in [0.25, 0.3) is 5.16 Å². The number of nitrogens with zero attached hydrogens (tertiary/aromatic N) is 2. The van der Waals surface area contributed by atoms with Crippen molar-refractivity contribution in [1.29, 1.82) is 0 Å². The maximum Gasteiger partial charge on any atom is 0.287 e. The predicted octanol–water partition coefficient (Wildman–Crippen LogP) is -0.350. The van der Waals surface area contributed by atoms with Crippen LogP contribution in [0.1, 0.15) is 0 Å². The summed E-state index contributed by atoms with van der Waals surface area (Å²) in [6.07, 6.45) is 0.990. The van der Waals surface area contributed by atoms with Gasteiger partial charge in [0, 0.05) is 0 Å². The zero-order chi connectivity index (χ0) is 5.98. The molecule has 0 spiro atoms. The molecule has 0 fully saturated rings. The summed E-state index contributed by atoms with van der Waals surface area (Å²) in [5.41, 5.74) is 0. The van der Waals surface area contributed by atoms with E-state index in [1.165, 1.54) is 0 Å². The predicted molar refractivity (Wildman–Crippen MR) is 23.3 cm³/mol. The van der Waals surface area contributed by atoms with Crippen molar-refractivity contribution in [3.8, 4) is 0 Å². The third-order valence-corrected chi connectivity index (χ3v) is 0.990. The maximum atomic E-state index is 9.99. The van der Waals surface area contributed by atoms with Crippen LogP contribution in [0.4, 0.5) is 0 Å². The Balaban J connectivity index is 2.93. The minimum absolute atomic E-state index is 0.204. The number of hydrogen-bond donors (Lipinski definition) is 1. The summed E-state index contributed by atoms with van der Waals surface area (Å²) in [6.45, 7) is 0. The number of rotatable bonds is 1. The average Bonchev–Trinajstić information content (AvgIpc) is 2.12. The highest BCUT2D eigenvalue weighted by atomic mass is 32.2. The molecule has 1 rings (SSSR count). The Kier molecular flexibility index (Phi) is 1.36. The molecule has 0 radical (unpaired) electrons. The molecule has 1 aromatic rings. The van der Waals surface area contributed by atoms with Crippen LogP contribution >= 0.6 is 0 Å². The number of aromatic nitrogens is 2. The van der Waals surface area contributed by atoms with Gasteiger partial charge < -0.3 is 4.52 Å². The first-order valence-corrected chi connectivity index (χ1v) is 2.78. The first-order valence-electron chi connectivity index (χ1n) is 1.68. The molecule has 0 aliphatic heterocycles. The van der Waals surface area contributed by atoms with Crippen molar-refractivity contribution >= 4 is 11.1 Å². The van der Waals surface area contributed by atoms with Gasteiger partial charge in [-0.1, -0.05) is 0 Å². The molecular formula is C2H2N2O3S. The molecule has 5 nitrogen and oxygen atoms in total. The molecule has 0 saturated heterocycles. The van der Waals surface area contributed by atoms with E-state index in [1.54, 1.807) is 0 Å². The van der Waals surface area contributed by atoms with Gasteiger partial charge in [-0.05, 0) is 5.16 Å². The lowest BCUT2D eigenvalue weighted by Crippen LogP contribution is -1.88. The zero-order valence-corrected chi connectivity index (χ0v) is 4.46. The minimum Gasteiger partial charge on any atom is -0.342 e. The Morgan fingerprint density at radius 1 is 1.88 bits per heavy atom. The normalized spacial score (nSPS) is 13.6. The van der Waals surface area contributed by atoms with Gasteiger partial charge >= 0.3 is 0 Å². The van der Waals surface area contributed by atoms with E-state index >= 15 is 0 Å². The lowest BCUT2D eigenvalue weighted by molar-refractivity contribution is 0.399. The molecule has 0 aliphatic carbocycles. The van der Waals surface area contributed by atoms with E-state index in [0.717, 1.165) is 6.39 Å². The summed E-state index contributed by atoms with van der Waals surface area (Å²) < 4.78 is 22.3. The van der Waals surface area contributed by atoms with E-state index in [0.29, 0.717) is 0 Å². The Hall–Kier alpha value is -0.750. The van der Waals surface area contributed by atoms with Crippen molar-refractivity contribution in [2.24, 2.45) is 0 Å². The maximum absolute atomic E-state index is 9.99. The highest BCUT2D eigenvalue weighted by Gasteiger charge is 2.02. The monoisotopic (exact) mass is 134 g/mol. The molecule has 0 aliphatic rings. The van der Waals surface area contributed by atoms with Gasteiger partial charge in [-0.2, -0.15) is 4.98 Å². The first kappa shape index (κ1) is 5.39. The molecule has 0 saturated carbocycles. The van der Waals surface area contributed by atoms with Gasteiger partial charge in [0.05, 0.1) is 0 Å². The summed E-state index contributed by atoms with van der Waals surface area (Å²) in [7, 11) is 0. The fourth-order valence-corrected chi connectivity index (χ4v) is 0.478. The second kappa shape index (κ2) is 2.01. The first-order chi connectivity index (χ1) is 3.80. The van der Waals surface area contributed by atoms with Crippen LogP contribution in [0.2, 0.25) is 0 Å². The Morgan fingerprint density at radius 2 is 2.62 bits per heavy atom. The molecule has 6 heteroatoms. The van der Waals surface area contributed by atoms with E-state index in [2.05, 4.69) is 14.7 Å². The van der Waals surface area contributed by atoms with Crippen LogP contribution in [0.25, 0.3) is 0 Å². The summed E-state index contributed by atoms with van der Waals surface area (Å²) in [5.74, 6) is 0. The molecule has 0 amide bonds. The fraction of sp³-hybridized carbons (Fsp3) is 0. The minimum atomic E-state index is -2.11. The standard InChI is InChI=1S/C2H2N2O3S/c5-8(6)2-3-1-7-4-2/h1H,(H,5,6). The van der Waals surface area contributed by atoms with Crippen LogP contribution in [-0.4, -0.2) is 18.9 Å². The van der Waals surface area contributed by atoms with Crippen LogP contribution in [-0.2, 0) is 11.1 Å². The molecule has 0 bridgehead atoms. The Morgan fingerprint density at radius 3 is 2.88 bits per heavy atom. The molecule has 1 N–H and O–H groups in total. The Labute approximate surface area is 47.0 Å². The highest BCUT2D eigenvalue weighted by molar-refractivity contribution is 7.79. The summed E-state index contributed by atoms with van der Waals surface area (Å²) in [5, 5.41) is 2.88. The van der Waals surface area contributed by atoms with E-state index in [9.17, 15) is 4.21 Å². The van der Waals surface area contributed by atoms with Gasteiger partial charge in [0.2, 0.25) is 17.5 Å². The zero-order valence-electron chi connectivity index (χ0n) is 3.64. The van der Waals surface area contributed by atoms with Gasteiger partial charge in [0.15, 0.2) is 0 Å². The van der Waals surface area contributed by atoms with Crippen LogP contribution in [0.15, 0.2) is 16.1 Å². The molecule has 1 unspecified atom stereocenters. The van der Waals surface area contributed by atoms with Gasteiger partial charge in [-0.15, -0.1) is 0 Å². The quantitative estimate of drug-likeness (QED) is 0.531. The molecule has 1 atom stereocenters. The third-order valence-electron chi connectivity index (χ3n) is 0.497. The van der Waals surface area contributed by atoms with Gasteiger partial charge in [-0.3, -0.25) is 4.55 Å². The number of hydrogen-bond acceptors (Lipinski definition) is 4. The van der Waals surface area contributed by atoms with Crippen molar-refractivity contribution in [1.82, 2.24) is 10.1 Å². The summed E-state index contributed by atoms with van der Waals surface area (Å²) in [6, 6.07) is 0. The topological polar surface area (TPSA) is 76.2 Å². The van der Waals surface area contributed by atoms with Crippen LogP contribution < -0.4 is 0 Å². The molecule has 1 aromatic heterocycles. The van der Waals surface area contributed by atoms with Crippen LogP contribution in [0, 0.1) is 0 Å². The van der Waals surface area contributed by atoms with Crippen molar-refractivity contribution in [3.05, 3.63) is 6.39 Å². The van der Waals surface area contributed by atoms with Crippen molar-refractivity contribution in [3.63, 3.8) is 0 Å². The summed E-state index contributed by atoms with van der Waals surface area (Å²) in [4.78, 5) is 3.29. The van der Waals surface area contributed by atoms with E-state index < -0.39 is 11.1 Å². The largest absolute Gasteiger partial charge is 0.342 e. The van der Waals surface area contributed by atoms with Gasteiger partial charge in [-0.25, -0.2) is 4.21 Å².